The van der Waals surface area contributed by atoms with E-state index in [1.807, 2.05) is 30.3 Å². The van der Waals surface area contributed by atoms with Crippen molar-refractivity contribution in [2.24, 2.45) is 5.16 Å². The first-order chi connectivity index (χ1) is 17.3. The number of hydrogen-bond acceptors (Lipinski definition) is 9. The monoisotopic (exact) mass is 517 g/mol. The lowest BCUT2D eigenvalue weighted by Gasteiger charge is -2.46. The second-order valence-corrected chi connectivity index (χ2v) is 9.63. The topological polar surface area (TPSA) is 130 Å². The van der Waals surface area contributed by atoms with Crippen molar-refractivity contribution in [3.05, 3.63) is 76.0 Å². The van der Waals surface area contributed by atoms with Gasteiger partial charge >= 0.3 is 0 Å². The average molecular weight is 518 g/mol. The number of fused-ring (bicyclic) bond motifs is 2. The second-order valence-electron chi connectivity index (χ2n) is 9.22. The summed E-state index contributed by atoms with van der Waals surface area (Å²) in [7, 11) is 1.51. The van der Waals surface area contributed by atoms with Crippen LogP contribution in [0.25, 0.3) is 0 Å². The molecule has 5 atom stereocenters. The van der Waals surface area contributed by atoms with Gasteiger partial charge in [0.1, 0.15) is 48.2 Å². The number of rotatable bonds is 7. The van der Waals surface area contributed by atoms with Gasteiger partial charge < -0.3 is 39.5 Å². The molecule has 0 radical (unpaired) electrons. The summed E-state index contributed by atoms with van der Waals surface area (Å²) in [6.45, 7) is -0.768. The van der Waals surface area contributed by atoms with E-state index < -0.39 is 36.3 Å². The molecule has 0 amide bonds. The van der Waals surface area contributed by atoms with Gasteiger partial charge in [0.2, 0.25) is 5.79 Å². The molecule has 0 spiro atoms. The third-order valence-electron chi connectivity index (χ3n) is 6.92. The molecule has 10 heteroatoms. The van der Waals surface area contributed by atoms with Crippen LogP contribution in [0.1, 0.15) is 29.5 Å². The predicted octanol–water partition coefficient (Wildman–Crippen LogP) is 2.02. The Kier molecular flexibility index (Phi) is 6.82. The van der Waals surface area contributed by atoms with Crippen molar-refractivity contribution in [1.82, 2.24) is 0 Å². The average Bonchev–Trinajstić information content (AvgIpc) is 3.49. The summed E-state index contributed by atoms with van der Waals surface area (Å²) in [6, 6.07) is 12.6. The van der Waals surface area contributed by atoms with Crippen molar-refractivity contribution in [1.29, 1.82) is 0 Å². The number of hydrogen-bond donors (Lipinski definition) is 4. The van der Waals surface area contributed by atoms with Crippen molar-refractivity contribution in [2.45, 2.75) is 49.0 Å². The number of aliphatic hydroxyl groups excluding tert-OH is 4. The van der Waals surface area contributed by atoms with Gasteiger partial charge in [0.25, 0.3) is 0 Å². The van der Waals surface area contributed by atoms with Gasteiger partial charge in [0.05, 0.1) is 13.2 Å². The maximum Gasteiger partial charge on any atom is 0.225 e. The van der Waals surface area contributed by atoms with E-state index in [-0.39, 0.29) is 6.61 Å². The van der Waals surface area contributed by atoms with Gasteiger partial charge in [-0.25, -0.2) is 0 Å². The van der Waals surface area contributed by atoms with Crippen LogP contribution in [0, 0.1) is 0 Å². The van der Waals surface area contributed by atoms with Crippen LogP contribution < -0.4 is 4.74 Å². The quantitative estimate of drug-likeness (QED) is 0.410. The Balaban J connectivity index is 1.36. The van der Waals surface area contributed by atoms with Gasteiger partial charge in [-0.15, -0.1) is 0 Å². The zero-order chi connectivity index (χ0) is 25.5. The van der Waals surface area contributed by atoms with Gasteiger partial charge in [-0.05, 0) is 54.3 Å². The Morgan fingerprint density at radius 3 is 2.61 bits per heavy atom. The summed E-state index contributed by atoms with van der Waals surface area (Å²) in [5.41, 5.74) is 1.37. The molecule has 36 heavy (non-hydrogen) atoms. The van der Waals surface area contributed by atoms with E-state index >= 15 is 0 Å². The highest BCUT2D eigenvalue weighted by molar-refractivity contribution is 6.31. The van der Waals surface area contributed by atoms with E-state index in [0.29, 0.717) is 28.5 Å². The Morgan fingerprint density at radius 1 is 1.11 bits per heavy atom. The Labute approximate surface area is 213 Å². The molecule has 2 fully saturated rings. The molecular formula is C26H28ClNO8. The minimum Gasteiger partial charge on any atom is -0.456 e. The van der Waals surface area contributed by atoms with Crippen molar-refractivity contribution >= 4 is 17.3 Å². The number of allylic oxidation sites excluding steroid dienone is 2. The number of ether oxygens (including phenoxy) is 3. The normalized spacial score (nSPS) is 32.6. The molecule has 0 saturated carbocycles. The molecule has 4 N–H and O–H groups in total. The van der Waals surface area contributed by atoms with E-state index in [9.17, 15) is 20.4 Å². The largest absolute Gasteiger partial charge is 0.456 e. The molecule has 2 aromatic carbocycles. The minimum absolute atomic E-state index is 0.189. The van der Waals surface area contributed by atoms with E-state index in [1.165, 1.54) is 7.11 Å². The molecule has 2 aromatic rings. The van der Waals surface area contributed by atoms with Crippen molar-refractivity contribution in [2.75, 3.05) is 20.3 Å². The van der Waals surface area contributed by atoms with Crippen LogP contribution in [0.4, 0.5) is 0 Å². The molecule has 9 nitrogen and oxygen atoms in total. The van der Waals surface area contributed by atoms with Crippen LogP contribution in [-0.4, -0.2) is 70.4 Å². The maximum absolute atomic E-state index is 10.8. The van der Waals surface area contributed by atoms with Gasteiger partial charge in [-0.1, -0.05) is 35.0 Å². The molecule has 2 saturated heterocycles. The molecule has 0 aromatic heterocycles. The molecule has 3 aliphatic rings. The third kappa shape index (κ3) is 4.20. The number of nitrogens with zero attached hydrogens (tertiary/aromatic N) is 1. The molecule has 1 aliphatic carbocycles. The van der Waals surface area contributed by atoms with Gasteiger partial charge in [0, 0.05) is 17.0 Å². The standard InChI is InChI=1S/C26H28ClNO8/c1-33-28-20-3-2-4-21(20)35-18-8-5-15(6-9-18)11-16-12-17(7-10-19(16)27)26-24(32)22(30)23(31)25(13-29,36-26)14-34-26/h4-10,12,22-24,29-32H,2-3,11,13-14H2,1H3/b28-20+/t22-,23-,24+,25-,26-/m0/s1. The molecule has 5 rings (SSSR count). The lowest BCUT2D eigenvalue weighted by molar-refractivity contribution is -0.329. The minimum atomic E-state index is -1.74. The Morgan fingerprint density at radius 2 is 1.89 bits per heavy atom. The van der Waals surface area contributed by atoms with Gasteiger partial charge in [0.15, 0.2) is 0 Å². The van der Waals surface area contributed by atoms with Crippen LogP contribution in [0.3, 0.4) is 0 Å². The number of halogens is 1. The van der Waals surface area contributed by atoms with E-state index in [2.05, 4.69) is 5.16 Å². The fraction of sp³-hybridized carbons (Fsp3) is 0.423. The van der Waals surface area contributed by atoms with Crippen LogP contribution in [-0.2, 0) is 26.5 Å². The fourth-order valence-corrected chi connectivity index (χ4v) is 5.09. The zero-order valence-electron chi connectivity index (χ0n) is 19.6. The Bertz CT molecular complexity index is 1180. The predicted molar refractivity (Wildman–Crippen MR) is 130 cm³/mol. The summed E-state index contributed by atoms with van der Waals surface area (Å²) < 4.78 is 17.7. The van der Waals surface area contributed by atoms with Crippen LogP contribution in [0.15, 0.2) is 59.5 Å². The van der Waals surface area contributed by atoms with E-state index in [4.69, 9.17) is 30.6 Å². The number of oxime groups is 1. The highest BCUT2D eigenvalue weighted by Crippen LogP contribution is 2.49. The molecule has 192 valence electrons. The first kappa shape index (κ1) is 25.2. The van der Waals surface area contributed by atoms with Crippen LogP contribution in [0.5, 0.6) is 5.75 Å². The molecular weight excluding hydrogens is 490 g/mol. The lowest BCUT2D eigenvalue weighted by atomic mass is 9.83. The third-order valence-corrected chi connectivity index (χ3v) is 7.29. The fourth-order valence-electron chi connectivity index (χ4n) is 4.91. The zero-order valence-corrected chi connectivity index (χ0v) is 20.4. The van der Waals surface area contributed by atoms with Crippen LogP contribution >= 0.6 is 11.6 Å². The highest BCUT2D eigenvalue weighted by Gasteiger charge is 2.67. The number of aliphatic hydroxyl groups is 4. The number of benzene rings is 2. The molecule has 0 unspecified atom stereocenters. The molecule has 2 aliphatic heterocycles. The highest BCUT2D eigenvalue weighted by atomic mass is 35.5. The van der Waals surface area contributed by atoms with Crippen molar-refractivity contribution < 1.29 is 39.5 Å². The maximum atomic E-state index is 10.8. The van der Waals surface area contributed by atoms with Crippen molar-refractivity contribution in [3.8, 4) is 5.75 Å². The first-order valence-corrected chi connectivity index (χ1v) is 12.0. The summed E-state index contributed by atoms with van der Waals surface area (Å²) in [6.07, 6.45) is -0.573. The summed E-state index contributed by atoms with van der Waals surface area (Å²) in [5.74, 6) is -0.386. The second kappa shape index (κ2) is 9.75. The summed E-state index contributed by atoms with van der Waals surface area (Å²) >= 11 is 6.49. The van der Waals surface area contributed by atoms with Gasteiger partial charge in [-0.2, -0.15) is 0 Å². The first-order valence-electron chi connectivity index (χ1n) is 11.7. The van der Waals surface area contributed by atoms with Crippen LogP contribution in [0.2, 0.25) is 5.02 Å². The smallest absolute Gasteiger partial charge is 0.225 e. The van der Waals surface area contributed by atoms with E-state index in [1.54, 1.807) is 18.2 Å². The molecule has 2 heterocycles. The Hall–Kier alpha value is -2.50. The summed E-state index contributed by atoms with van der Waals surface area (Å²) in [5, 5.41) is 46.0. The van der Waals surface area contributed by atoms with Gasteiger partial charge in [-0.3, -0.25) is 0 Å². The SMILES string of the molecule is CO/N=C1\CCC=C1Oc1ccc(Cc2cc([C@]34OC[C@](CO)(O3)[C@@H](O)[C@H](O)[C@H]4O)ccc2Cl)cc1. The van der Waals surface area contributed by atoms with Crippen molar-refractivity contribution in [3.63, 3.8) is 0 Å². The lowest BCUT2D eigenvalue weighted by Crippen LogP contribution is -2.65. The van der Waals surface area contributed by atoms with E-state index in [0.717, 1.165) is 29.7 Å². The molecule has 2 bridgehead atoms. The summed E-state index contributed by atoms with van der Waals surface area (Å²) in [4.78, 5) is 4.87.